The summed E-state index contributed by atoms with van der Waals surface area (Å²) in [5.74, 6) is 0.894. The average Bonchev–Trinajstić information content (AvgIpc) is 2.93. The summed E-state index contributed by atoms with van der Waals surface area (Å²) in [7, 11) is 1.82. The van der Waals surface area contributed by atoms with Gasteiger partial charge in [0, 0.05) is 37.2 Å². The van der Waals surface area contributed by atoms with E-state index in [1.165, 1.54) is 35.7 Å². The second-order valence-electron chi connectivity index (χ2n) is 5.24. The standard InChI is InChI=1S/C17H26N4.HI/c1-3-4-7-11-19-17(18-2)20-12-10-14-13-21-16-9-6-5-8-15(14)16;/h5-6,8-9,13,21H,3-4,7,10-12H2,1-2H3,(H2,18,19,20);1H. The van der Waals surface area contributed by atoms with Crippen molar-refractivity contribution in [2.75, 3.05) is 20.1 Å². The number of rotatable bonds is 7. The van der Waals surface area contributed by atoms with Crippen molar-refractivity contribution in [2.24, 2.45) is 4.99 Å². The summed E-state index contributed by atoms with van der Waals surface area (Å²) >= 11 is 0. The summed E-state index contributed by atoms with van der Waals surface area (Å²) < 4.78 is 0. The largest absolute Gasteiger partial charge is 0.361 e. The lowest BCUT2D eigenvalue weighted by atomic mass is 10.1. The monoisotopic (exact) mass is 414 g/mol. The molecule has 0 saturated heterocycles. The maximum Gasteiger partial charge on any atom is 0.190 e. The van der Waals surface area contributed by atoms with Crippen LogP contribution in [0.2, 0.25) is 0 Å². The van der Waals surface area contributed by atoms with Gasteiger partial charge in [0.25, 0.3) is 0 Å². The van der Waals surface area contributed by atoms with Crippen LogP contribution in [0.1, 0.15) is 31.7 Å². The number of nitrogens with zero attached hydrogens (tertiary/aromatic N) is 1. The molecule has 2 aromatic rings. The van der Waals surface area contributed by atoms with E-state index in [2.05, 4.69) is 58.0 Å². The van der Waals surface area contributed by atoms with E-state index in [-0.39, 0.29) is 24.0 Å². The minimum atomic E-state index is 0. The Labute approximate surface area is 150 Å². The van der Waals surface area contributed by atoms with Gasteiger partial charge in [-0.3, -0.25) is 4.99 Å². The van der Waals surface area contributed by atoms with Crippen LogP contribution in [0.25, 0.3) is 10.9 Å². The van der Waals surface area contributed by atoms with E-state index >= 15 is 0 Å². The number of H-pyrrole nitrogens is 1. The molecule has 0 aliphatic carbocycles. The fraction of sp³-hybridized carbons (Fsp3) is 0.471. The molecule has 0 aliphatic heterocycles. The second-order valence-corrected chi connectivity index (χ2v) is 5.24. The van der Waals surface area contributed by atoms with Crippen LogP contribution in [0.3, 0.4) is 0 Å². The average molecular weight is 414 g/mol. The zero-order valence-electron chi connectivity index (χ0n) is 13.5. The van der Waals surface area contributed by atoms with Crippen molar-refractivity contribution in [3.63, 3.8) is 0 Å². The molecule has 22 heavy (non-hydrogen) atoms. The fourth-order valence-corrected chi connectivity index (χ4v) is 2.46. The number of unbranched alkanes of at least 4 members (excludes halogenated alkanes) is 2. The minimum absolute atomic E-state index is 0. The van der Waals surface area contributed by atoms with Gasteiger partial charge in [-0.25, -0.2) is 0 Å². The summed E-state index contributed by atoms with van der Waals surface area (Å²) in [6, 6.07) is 8.42. The molecule has 0 radical (unpaired) electrons. The Morgan fingerprint density at radius 3 is 2.68 bits per heavy atom. The molecule has 0 aliphatic rings. The van der Waals surface area contributed by atoms with Crippen molar-refractivity contribution in [3.05, 3.63) is 36.0 Å². The van der Waals surface area contributed by atoms with Gasteiger partial charge in [0.1, 0.15) is 0 Å². The van der Waals surface area contributed by atoms with Crippen LogP contribution in [0.5, 0.6) is 0 Å². The van der Waals surface area contributed by atoms with E-state index in [0.717, 1.165) is 25.5 Å². The smallest absolute Gasteiger partial charge is 0.190 e. The highest BCUT2D eigenvalue weighted by molar-refractivity contribution is 14.0. The minimum Gasteiger partial charge on any atom is -0.361 e. The fourth-order valence-electron chi connectivity index (χ4n) is 2.46. The van der Waals surface area contributed by atoms with Crippen molar-refractivity contribution < 1.29 is 0 Å². The number of aliphatic imine (C=N–C) groups is 1. The third kappa shape index (κ3) is 5.51. The SMILES string of the molecule is CCCCCNC(=NC)NCCc1c[nH]c2ccccc12.I. The maximum absolute atomic E-state index is 4.25. The predicted octanol–water partition coefficient (Wildman–Crippen LogP) is 3.68. The number of aromatic amines is 1. The number of hydrogen-bond acceptors (Lipinski definition) is 1. The lowest BCUT2D eigenvalue weighted by molar-refractivity contribution is 0.682. The van der Waals surface area contributed by atoms with Gasteiger partial charge in [0.05, 0.1) is 0 Å². The molecule has 3 N–H and O–H groups in total. The van der Waals surface area contributed by atoms with Crippen LogP contribution >= 0.6 is 24.0 Å². The number of guanidine groups is 1. The zero-order chi connectivity index (χ0) is 14.9. The number of hydrogen-bond donors (Lipinski definition) is 3. The van der Waals surface area contributed by atoms with E-state index in [4.69, 9.17) is 0 Å². The van der Waals surface area contributed by atoms with Gasteiger partial charge in [-0.05, 0) is 24.5 Å². The molecule has 0 atom stereocenters. The molecule has 0 bridgehead atoms. The van der Waals surface area contributed by atoms with E-state index in [0.29, 0.717) is 0 Å². The predicted molar refractivity (Wildman–Crippen MR) is 106 cm³/mol. The molecular formula is C17H27IN4. The van der Waals surface area contributed by atoms with Gasteiger partial charge < -0.3 is 15.6 Å². The molecule has 1 aromatic carbocycles. The van der Waals surface area contributed by atoms with Crippen molar-refractivity contribution in [1.29, 1.82) is 0 Å². The molecule has 0 spiro atoms. The number of aromatic nitrogens is 1. The molecular weight excluding hydrogens is 387 g/mol. The van der Waals surface area contributed by atoms with Crippen LogP contribution in [0.15, 0.2) is 35.5 Å². The number of fused-ring (bicyclic) bond motifs is 1. The highest BCUT2D eigenvalue weighted by Gasteiger charge is 2.03. The van der Waals surface area contributed by atoms with Gasteiger partial charge >= 0.3 is 0 Å². The second kappa shape index (κ2) is 10.5. The molecule has 4 nitrogen and oxygen atoms in total. The van der Waals surface area contributed by atoms with Gasteiger partial charge in [-0.1, -0.05) is 38.0 Å². The molecule has 5 heteroatoms. The van der Waals surface area contributed by atoms with E-state index in [1.807, 2.05) is 7.05 Å². The first-order valence-electron chi connectivity index (χ1n) is 7.84. The van der Waals surface area contributed by atoms with Crippen LogP contribution in [0, 0.1) is 0 Å². The quantitative estimate of drug-likeness (QED) is 0.280. The molecule has 1 heterocycles. The molecule has 0 fully saturated rings. The lowest BCUT2D eigenvalue weighted by Crippen LogP contribution is -2.38. The van der Waals surface area contributed by atoms with E-state index < -0.39 is 0 Å². The Morgan fingerprint density at radius 1 is 1.14 bits per heavy atom. The Bertz CT molecular complexity index is 577. The first-order chi connectivity index (χ1) is 10.3. The normalized spacial score (nSPS) is 11.3. The molecule has 2 rings (SSSR count). The summed E-state index contributed by atoms with van der Waals surface area (Å²) in [4.78, 5) is 7.57. The van der Waals surface area contributed by atoms with Gasteiger partial charge in [0.2, 0.25) is 0 Å². The Balaban J connectivity index is 0.00000242. The molecule has 0 unspecified atom stereocenters. The molecule has 0 saturated carbocycles. The third-order valence-corrected chi connectivity index (χ3v) is 3.66. The maximum atomic E-state index is 4.25. The first kappa shape index (κ1) is 18.8. The van der Waals surface area contributed by atoms with Crippen LogP contribution in [-0.2, 0) is 6.42 Å². The van der Waals surface area contributed by atoms with Crippen molar-refractivity contribution in [1.82, 2.24) is 15.6 Å². The molecule has 122 valence electrons. The highest BCUT2D eigenvalue weighted by atomic mass is 127. The van der Waals surface area contributed by atoms with Crippen molar-refractivity contribution in [3.8, 4) is 0 Å². The van der Waals surface area contributed by atoms with Gasteiger partial charge in [0.15, 0.2) is 5.96 Å². The van der Waals surface area contributed by atoms with Crippen molar-refractivity contribution in [2.45, 2.75) is 32.6 Å². The zero-order valence-corrected chi connectivity index (χ0v) is 15.8. The van der Waals surface area contributed by atoms with E-state index in [9.17, 15) is 0 Å². The first-order valence-corrected chi connectivity index (χ1v) is 7.84. The number of para-hydroxylation sites is 1. The van der Waals surface area contributed by atoms with E-state index in [1.54, 1.807) is 0 Å². The Kier molecular flexibility index (Phi) is 8.96. The van der Waals surface area contributed by atoms with Crippen molar-refractivity contribution >= 4 is 40.8 Å². The number of halogens is 1. The van der Waals surface area contributed by atoms with Crippen LogP contribution < -0.4 is 10.6 Å². The number of benzene rings is 1. The molecule has 0 amide bonds. The van der Waals surface area contributed by atoms with Gasteiger partial charge in [-0.2, -0.15) is 0 Å². The topological polar surface area (TPSA) is 52.2 Å². The highest BCUT2D eigenvalue weighted by Crippen LogP contribution is 2.17. The Hall–Kier alpha value is -1.24. The van der Waals surface area contributed by atoms with Crippen LogP contribution in [0.4, 0.5) is 0 Å². The summed E-state index contributed by atoms with van der Waals surface area (Å²) in [5.41, 5.74) is 2.55. The summed E-state index contributed by atoms with van der Waals surface area (Å²) in [6.07, 6.45) is 6.79. The number of nitrogens with one attached hydrogen (secondary N) is 3. The molecule has 1 aromatic heterocycles. The third-order valence-electron chi connectivity index (χ3n) is 3.66. The summed E-state index contributed by atoms with van der Waals surface area (Å²) in [5, 5.41) is 8.04. The Morgan fingerprint density at radius 2 is 1.91 bits per heavy atom. The van der Waals surface area contributed by atoms with Crippen LogP contribution in [-0.4, -0.2) is 31.1 Å². The summed E-state index contributed by atoms with van der Waals surface area (Å²) in [6.45, 7) is 4.09. The lowest BCUT2D eigenvalue weighted by Gasteiger charge is -2.11. The van der Waals surface area contributed by atoms with Gasteiger partial charge in [-0.15, -0.1) is 24.0 Å².